The Kier molecular flexibility index (Phi) is 17.6. The Hall–Kier alpha value is -0.500. The lowest BCUT2D eigenvalue weighted by molar-refractivity contribution is -0.931. The van der Waals surface area contributed by atoms with E-state index in [1.165, 1.54) is 96.8 Å². The lowest BCUT2D eigenvalue weighted by Crippen LogP contribution is -2.54. The SMILES string of the molecule is CCCCCCCCCCCCCCCCOC(C)C(COP(=O)(O)OCC1CC2CCC(C1)[N+]2(C)C)OC(C)=O. The third-order valence-electron chi connectivity index (χ3n) is 9.52. The zero-order valence-corrected chi connectivity index (χ0v) is 27.9. The number of piperidine rings is 1. The van der Waals surface area contributed by atoms with Crippen LogP contribution in [-0.4, -0.2) is 73.6 Å². The quantitative estimate of drug-likeness (QED) is 0.0517. The van der Waals surface area contributed by atoms with Gasteiger partial charge in [-0.15, -0.1) is 0 Å². The number of nitrogens with zero attached hydrogens (tertiary/aromatic N) is 1. The van der Waals surface area contributed by atoms with Crippen LogP contribution in [0.1, 0.15) is 136 Å². The van der Waals surface area contributed by atoms with Crippen molar-refractivity contribution in [1.82, 2.24) is 0 Å². The number of carbonyl (C=O) groups is 1. The summed E-state index contributed by atoms with van der Waals surface area (Å²) in [7, 11) is 0.315. The number of hydrogen-bond acceptors (Lipinski definition) is 6. The predicted molar refractivity (Wildman–Crippen MR) is 165 cm³/mol. The van der Waals surface area contributed by atoms with Crippen molar-refractivity contribution in [2.75, 3.05) is 33.9 Å². The van der Waals surface area contributed by atoms with Gasteiger partial charge in [-0.1, -0.05) is 90.4 Å². The Labute approximate surface area is 251 Å². The minimum absolute atomic E-state index is 0.212. The fraction of sp³-hybridized carbons (Fsp3) is 0.969. The molecule has 2 aliphatic rings. The first-order valence-corrected chi connectivity index (χ1v) is 18.3. The second-order valence-corrected chi connectivity index (χ2v) is 14.7. The summed E-state index contributed by atoms with van der Waals surface area (Å²) in [5.74, 6) is -0.211. The number of hydrogen-bond donors (Lipinski definition) is 1. The first-order valence-electron chi connectivity index (χ1n) is 16.8. The van der Waals surface area contributed by atoms with Crippen LogP contribution < -0.4 is 0 Å². The van der Waals surface area contributed by atoms with E-state index in [0.29, 0.717) is 18.7 Å². The van der Waals surface area contributed by atoms with Crippen molar-refractivity contribution in [3.63, 3.8) is 0 Å². The minimum atomic E-state index is -4.26. The van der Waals surface area contributed by atoms with Crippen LogP contribution in [0.25, 0.3) is 0 Å². The summed E-state index contributed by atoms with van der Waals surface area (Å²) in [6.45, 7) is 5.92. The Morgan fingerprint density at radius 3 is 1.83 bits per heavy atom. The summed E-state index contributed by atoms with van der Waals surface area (Å²) in [5.41, 5.74) is 0. The second-order valence-electron chi connectivity index (χ2n) is 13.2. The van der Waals surface area contributed by atoms with Crippen LogP contribution in [0.3, 0.4) is 0 Å². The fourth-order valence-electron chi connectivity index (χ4n) is 6.69. The number of unbranched alkanes of at least 4 members (excludes halogenated alkanes) is 13. The molecule has 0 aliphatic carbocycles. The van der Waals surface area contributed by atoms with Crippen molar-refractivity contribution in [1.29, 1.82) is 0 Å². The molecule has 0 aromatic rings. The highest BCUT2D eigenvalue weighted by Gasteiger charge is 2.49. The van der Waals surface area contributed by atoms with Gasteiger partial charge in [0.15, 0.2) is 6.10 Å². The summed E-state index contributed by atoms with van der Waals surface area (Å²) in [4.78, 5) is 22.0. The van der Waals surface area contributed by atoms with E-state index in [1.54, 1.807) is 0 Å². The molecule has 0 spiro atoms. The van der Waals surface area contributed by atoms with E-state index in [0.717, 1.165) is 30.2 Å². The molecular weight excluding hydrogens is 541 g/mol. The molecule has 0 aromatic carbocycles. The monoisotopic (exact) mass is 604 g/mol. The van der Waals surface area contributed by atoms with Crippen LogP contribution in [0, 0.1) is 5.92 Å². The molecule has 41 heavy (non-hydrogen) atoms. The molecule has 9 heteroatoms. The average Bonchev–Trinajstić information content (AvgIpc) is 3.07. The second kappa shape index (κ2) is 19.7. The molecule has 2 heterocycles. The van der Waals surface area contributed by atoms with Crippen LogP contribution in [0.2, 0.25) is 0 Å². The van der Waals surface area contributed by atoms with Gasteiger partial charge in [0, 0.05) is 39.2 Å². The molecule has 0 saturated carbocycles. The average molecular weight is 605 g/mol. The maximum Gasteiger partial charge on any atom is 0.472 e. The summed E-state index contributed by atoms with van der Waals surface area (Å²) in [5, 5.41) is 0. The Bertz CT molecular complexity index is 748. The Morgan fingerprint density at radius 2 is 1.34 bits per heavy atom. The lowest BCUT2D eigenvalue weighted by Gasteiger charge is -2.44. The topological polar surface area (TPSA) is 91.3 Å². The molecule has 8 nitrogen and oxygen atoms in total. The van der Waals surface area contributed by atoms with Crippen molar-refractivity contribution in [3.8, 4) is 0 Å². The standard InChI is InChI=1S/C32H62NO7P/c1-6-7-8-9-10-11-12-13-14-15-16-17-18-19-22-37-27(2)32(40-28(3)34)26-39-41(35,36)38-25-29-23-30-20-21-31(24-29)33(30,4)5/h27,29-32H,6-26H2,1-5H3/p+1. The molecule has 2 aliphatic heterocycles. The van der Waals surface area contributed by atoms with Gasteiger partial charge in [-0.2, -0.15) is 0 Å². The smallest absolute Gasteiger partial charge is 0.457 e. The van der Waals surface area contributed by atoms with E-state index in [1.807, 2.05) is 6.92 Å². The summed E-state index contributed by atoms with van der Waals surface area (Å²) in [6.07, 6.45) is 21.4. The van der Waals surface area contributed by atoms with Crippen LogP contribution in [0.4, 0.5) is 0 Å². The fourth-order valence-corrected chi connectivity index (χ4v) is 7.49. The number of rotatable bonds is 24. The molecule has 1 N–H and O–H groups in total. The molecule has 0 amide bonds. The van der Waals surface area contributed by atoms with Crippen LogP contribution >= 0.6 is 7.82 Å². The molecule has 2 fully saturated rings. The minimum Gasteiger partial charge on any atom is -0.457 e. The molecule has 5 atom stereocenters. The molecule has 2 saturated heterocycles. The van der Waals surface area contributed by atoms with E-state index >= 15 is 0 Å². The van der Waals surface area contributed by atoms with Crippen molar-refractivity contribution in [3.05, 3.63) is 0 Å². The van der Waals surface area contributed by atoms with E-state index in [9.17, 15) is 14.3 Å². The Morgan fingerprint density at radius 1 is 0.854 bits per heavy atom. The van der Waals surface area contributed by atoms with Crippen molar-refractivity contribution >= 4 is 13.8 Å². The highest BCUT2D eigenvalue weighted by molar-refractivity contribution is 7.47. The van der Waals surface area contributed by atoms with Gasteiger partial charge >= 0.3 is 13.8 Å². The summed E-state index contributed by atoms with van der Waals surface area (Å²) >= 11 is 0. The third-order valence-corrected chi connectivity index (χ3v) is 10.5. The van der Waals surface area contributed by atoms with Gasteiger partial charge in [-0.05, 0) is 19.3 Å². The Balaban J connectivity index is 1.54. The number of esters is 1. The molecular formula is C32H63NO7P+. The third kappa shape index (κ3) is 14.7. The molecule has 2 rings (SSSR count). The molecule has 242 valence electrons. The van der Waals surface area contributed by atoms with Gasteiger partial charge in [-0.3, -0.25) is 13.8 Å². The number of ether oxygens (including phenoxy) is 2. The summed E-state index contributed by atoms with van der Waals surface area (Å²) in [6, 6.07) is 1.18. The van der Waals surface area contributed by atoms with Crippen LogP contribution in [0.15, 0.2) is 0 Å². The van der Waals surface area contributed by atoms with Crippen molar-refractivity contribution in [2.24, 2.45) is 5.92 Å². The van der Waals surface area contributed by atoms with Gasteiger partial charge in [-0.25, -0.2) is 4.57 Å². The number of phosphoric acid groups is 1. The number of quaternary nitrogens is 1. The van der Waals surface area contributed by atoms with Gasteiger partial charge in [0.25, 0.3) is 0 Å². The number of fused-ring (bicyclic) bond motifs is 2. The van der Waals surface area contributed by atoms with Gasteiger partial charge in [0.05, 0.1) is 45.5 Å². The van der Waals surface area contributed by atoms with Crippen molar-refractivity contribution < 1.29 is 37.3 Å². The predicted octanol–water partition coefficient (Wildman–Crippen LogP) is 7.96. The molecule has 2 bridgehead atoms. The normalized spacial score (nSPS) is 24.6. The maximum absolute atomic E-state index is 12.6. The molecule has 5 unspecified atom stereocenters. The van der Waals surface area contributed by atoms with Crippen LogP contribution in [-0.2, 0) is 27.9 Å². The lowest BCUT2D eigenvalue weighted by atomic mass is 9.90. The molecule has 0 radical (unpaired) electrons. The first-order chi connectivity index (χ1) is 19.5. The van der Waals surface area contributed by atoms with E-state index in [4.69, 9.17) is 18.5 Å². The van der Waals surface area contributed by atoms with E-state index < -0.39 is 26.0 Å². The van der Waals surface area contributed by atoms with Crippen molar-refractivity contribution in [2.45, 2.75) is 161 Å². The van der Waals surface area contributed by atoms with Gasteiger partial charge in [0.1, 0.15) is 0 Å². The van der Waals surface area contributed by atoms with Crippen LogP contribution in [0.5, 0.6) is 0 Å². The largest absolute Gasteiger partial charge is 0.472 e. The summed E-state index contributed by atoms with van der Waals surface area (Å²) < 4.78 is 35.6. The van der Waals surface area contributed by atoms with Gasteiger partial charge < -0.3 is 18.9 Å². The van der Waals surface area contributed by atoms with Gasteiger partial charge in [0.2, 0.25) is 0 Å². The zero-order chi connectivity index (χ0) is 30.1. The zero-order valence-electron chi connectivity index (χ0n) is 27.0. The maximum atomic E-state index is 12.6. The number of phosphoric ester groups is 1. The first kappa shape index (κ1) is 36.7. The van der Waals surface area contributed by atoms with E-state index in [-0.39, 0.29) is 19.1 Å². The molecule has 0 aromatic heterocycles. The number of carbonyl (C=O) groups excluding carboxylic acids is 1. The highest BCUT2D eigenvalue weighted by Crippen LogP contribution is 2.47. The highest BCUT2D eigenvalue weighted by atomic mass is 31.2. The van der Waals surface area contributed by atoms with E-state index in [2.05, 4.69) is 21.0 Å².